The van der Waals surface area contributed by atoms with Crippen LogP contribution in [0.5, 0.6) is 5.75 Å². The van der Waals surface area contributed by atoms with Crippen molar-refractivity contribution in [2.24, 2.45) is 5.10 Å². The number of carbonyl (C=O) groups excluding carboxylic acids is 1. The second-order valence-electron chi connectivity index (χ2n) is 8.36. The Hall–Kier alpha value is -4.54. The SMILES string of the molecule is Nn1c(N/N=C/c2ccccc2OCc2ccc(Cl)cc2)nnc1SCC(=O)Nc1cccc2ccccc12. The molecule has 1 heterocycles. The van der Waals surface area contributed by atoms with E-state index in [1.54, 1.807) is 6.21 Å². The number of aromatic nitrogens is 3. The lowest BCUT2D eigenvalue weighted by Gasteiger charge is -2.09. The predicted octanol–water partition coefficient (Wildman–Crippen LogP) is 5.55. The van der Waals surface area contributed by atoms with E-state index in [1.807, 2.05) is 91.0 Å². The fraction of sp³-hybridized carbons (Fsp3) is 0.0714. The summed E-state index contributed by atoms with van der Waals surface area (Å²) >= 11 is 7.12. The standard InChI is InChI=1S/C28H24ClN7O2S/c29-22-14-12-19(13-15-22)17-38-25-11-4-2-7-21(25)16-31-33-27-34-35-28(36(27)30)39-18-26(37)32-24-10-5-8-20-6-1-3-9-23(20)24/h1-16H,17-18,30H2,(H,32,37)(H,33,34)/b31-16+. The summed E-state index contributed by atoms with van der Waals surface area (Å²) in [6.07, 6.45) is 1.61. The van der Waals surface area contributed by atoms with Gasteiger partial charge >= 0.3 is 0 Å². The van der Waals surface area contributed by atoms with Crippen molar-refractivity contribution in [2.45, 2.75) is 11.8 Å². The minimum atomic E-state index is -0.179. The molecule has 0 aliphatic carbocycles. The quantitative estimate of drug-likeness (QED) is 0.0890. The van der Waals surface area contributed by atoms with E-state index in [9.17, 15) is 4.79 Å². The molecule has 4 aromatic carbocycles. The average Bonchev–Trinajstić information content (AvgIpc) is 3.31. The van der Waals surface area contributed by atoms with E-state index >= 15 is 0 Å². The van der Waals surface area contributed by atoms with E-state index in [1.165, 1.54) is 16.4 Å². The molecular formula is C28H24ClN7O2S. The van der Waals surface area contributed by atoms with Crippen LogP contribution in [0.1, 0.15) is 11.1 Å². The fourth-order valence-corrected chi connectivity index (χ4v) is 4.50. The van der Waals surface area contributed by atoms with Gasteiger partial charge in [-0.15, -0.1) is 10.2 Å². The Morgan fingerprint density at radius 2 is 1.77 bits per heavy atom. The molecule has 0 saturated heterocycles. The van der Waals surface area contributed by atoms with Crippen LogP contribution in [-0.2, 0) is 11.4 Å². The summed E-state index contributed by atoms with van der Waals surface area (Å²) in [4.78, 5) is 12.6. The Labute approximate surface area is 234 Å². The second kappa shape index (κ2) is 12.3. The van der Waals surface area contributed by atoms with Gasteiger partial charge in [-0.1, -0.05) is 84.0 Å². The van der Waals surface area contributed by atoms with Crippen LogP contribution in [0, 0.1) is 0 Å². The third kappa shape index (κ3) is 6.67. The number of nitrogens with two attached hydrogens (primary N) is 1. The summed E-state index contributed by atoms with van der Waals surface area (Å²) in [5.41, 5.74) is 5.30. The van der Waals surface area contributed by atoms with Crippen LogP contribution in [-0.4, -0.2) is 32.7 Å². The van der Waals surface area contributed by atoms with Crippen LogP contribution in [0.4, 0.5) is 11.6 Å². The van der Waals surface area contributed by atoms with E-state index < -0.39 is 0 Å². The molecule has 0 aliphatic rings. The molecule has 11 heteroatoms. The Bertz CT molecular complexity index is 1620. The lowest BCUT2D eigenvalue weighted by molar-refractivity contribution is -0.113. The van der Waals surface area contributed by atoms with E-state index in [-0.39, 0.29) is 17.6 Å². The lowest BCUT2D eigenvalue weighted by atomic mass is 10.1. The van der Waals surface area contributed by atoms with Crippen LogP contribution >= 0.6 is 23.4 Å². The number of thioether (sulfide) groups is 1. The van der Waals surface area contributed by atoms with Crippen molar-refractivity contribution < 1.29 is 9.53 Å². The fourth-order valence-electron chi connectivity index (χ4n) is 3.72. The van der Waals surface area contributed by atoms with E-state index in [4.69, 9.17) is 22.2 Å². The van der Waals surface area contributed by atoms with Gasteiger partial charge in [-0.25, -0.2) is 10.1 Å². The third-order valence-corrected chi connectivity index (χ3v) is 6.85. The number of hydrogen-bond acceptors (Lipinski definition) is 8. The first-order valence-electron chi connectivity index (χ1n) is 11.9. The van der Waals surface area contributed by atoms with Crippen molar-refractivity contribution in [3.63, 3.8) is 0 Å². The predicted molar refractivity (Wildman–Crippen MR) is 157 cm³/mol. The Morgan fingerprint density at radius 1 is 1.00 bits per heavy atom. The van der Waals surface area contributed by atoms with Gasteiger partial charge in [0.25, 0.3) is 5.95 Å². The van der Waals surface area contributed by atoms with Gasteiger partial charge in [-0.2, -0.15) is 5.10 Å². The highest BCUT2D eigenvalue weighted by molar-refractivity contribution is 7.99. The maximum absolute atomic E-state index is 12.6. The third-order valence-electron chi connectivity index (χ3n) is 5.66. The van der Waals surface area contributed by atoms with Crippen molar-refractivity contribution in [1.82, 2.24) is 14.9 Å². The summed E-state index contributed by atoms with van der Waals surface area (Å²) in [6, 6.07) is 28.6. The summed E-state index contributed by atoms with van der Waals surface area (Å²) in [7, 11) is 0. The minimum Gasteiger partial charge on any atom is -0.488 e. The zero-order valence-electron chi connectivity index (χ0n) is 20.6. The largest absolute Gasteiger partial charge is 0.488 e. The Balaban J connectivity index is 1.16. The summed E-state index contributed by atoms with van der Waals surface area (Å²) in [5.74, 6) is 6.94. The van der Waals surface area contributed by atoms with Crippen molar-refractivity contribution >= 4 is 57.9 Å². The first-order chi connectivity index (χ1) is 19.1. The molecule has 4 N–H and O–H groups in total. The normalized spacial score (nSPS) is 11.1. The van der Waals surface area contributed by atoms with Gasteiger partial charge in [0.1, 0.15) is 12.4 Å². The topological polar surface area (TPSA) is 119 Å². The first kappa shape index (κ1) is 26.1. The number of amides is 1. The monoisotopic (exact) mass is 557 g/mol. The van der Waals surface area contributed by atoms with E-state index in [0.717, 1.165) is 27.6 Å². The number of hydrazone groups is 1. The van der Waals surface area contributed by atoms with Gasteiger partial charge in [0.15, 0.2) is 0 Å². The van der Waals surface area contributed by atoms with Crippen molar-refractivity contribution in [1.29, 1.82) is 0 Å². The number of carbonyl (C=O) groups is 1. The molecule has 39 heavy (non-hydrogen) atoms. The highest BCUT2D eigenvalue weighted by Gasteiger charge is 2.13. The van der Waals surface area contributed by atoms with Crippen LogP contribution in [0.25, 0.3) is 10.8 Å². The zero-order valence-corrected chi connectivity index (χ0v) is 22.2. The molecule has 5 rings (SSSR count). The molecule has 9 nitrogen and oxygen atoms in total. The summed E-state index contributed by atoms with van der Waals surface area (Å²) in [6.45, 7) is 0.390. The maximum atomic E-state index is 12.6. The summed E-state index contributed by atoms with van der Waals surface area (Å²) in [5, 5.41) is 18.3. The van der Waals surface area contributed by atoms with Gasteiger partial charge in [-0.3, -0.25) is 4.79 Å². The van der Waals surface area contributed by atoms with Crippen LogP contribution in [0.15, 0.2) is 101 Å². The molecule has 196 valence electrons. The minimum absolute atomic E-state index is 0.111. The lowest BCUT2D eigenvalue weighted by Crippen LogP contribution is -2.17. The number of nitrogens with one attached hydrogen (secondary N) is 2. The Kier molecular flexibility index (Phi) is 8.25. The number of hydrogen-bond donors (Lipinski definition) is 3. The van der Waals surface area contributed by atoms with E-state index in [2.05, 4.69) is 26.0 Å². The molecule has 0 fully saturated rings. The molecule has 0 saturated carbocycles. The highest BCUT2D eigenvalue weighted by Crippen LogP contribution is 2.24. The van der Waals surface area contributed by atoms with Gasteiger partial charge in [0.2, 0.25) is 11.1 Å². The van der Waals surface area contributed by atoms with Crippen molar-refractivity contribution in [2.75, 3.05) is 22.3 Å². The average molecular weight is 558 g/mol. The number of benzene rings is 4. The highest BCUT2D eigenvalue weighted by atomic mass is 35.5. The molecular weight excluding hydrogens is 534 g/mol. The maximum Gasteiger partial charge on any atom is 0.264 e. The van der Waals surface area contributed by atoms with E-state index in [0.29, 0.717) is 22.5 Å². The molecule has 1 aromatic heterocycles. The molecule has 1 amide bonds. The van der Waals surface area contributed by atoms with Gasteiger partial charge in [0, 0.05) is 21.7 Å². The first-order valence-corrected chi connectivity index (χ1v) is 13.3. The molecule has 0 aliphatic heterocycles. The molecule has 0 atom stereocenters. The van der Waals surface area contributed by atoms with Gasteiger partial charge < -0.3 is 15.9 Å². The number of ether oxygens (including phenoxy) is 1. The number of nitrogen functional groups attached to an aromatic ring is 1. The summed E-state index contributed by atoms with van der Waals surface area (Å²) < 4.78 is 7.20. The number of halogens is 1. The molecule has 0 unspecified atom stereocenters. The number of para-hydroxylation sites is 1. The zero-order chi connectivity index (χ0) is 27.0. The van der Waals surface area contributed by atoms with Crippen LogP contribution in [0.2, 0.25) is 5.02 Å². The second-order valence-corrected chi connectivity index (χ2v) is 9.74. The van der Waals surface area contributed by atoms with Crippen molar-refractivity contribution in [3.8, 4) is 5.75 Å². The molecule has 0 spiro atoms. The number of rotatable bonds is 10. The van der Waals surface area contributed by atoms with Crippen LogP contribution in [0.3, 0.4) is 0 Å². The Morgan fingerprint density at radius 3 is 2.64 bits per heavy atom. The molecule has 0 radical (unpaired) electrons. The van der Waals surface area contributed by atoms with Crippen LogP contribution < -0.4 is 21.3 Å². The van der Waals surface area contributed by atoms with Gasteiger partial charge in [0.05, 0.1) is 12.0 Å². The van der Waals surface area contributed by atoms with Crippen molar-refractivity contribution in [3.05, 3.63) is 107 Å². The van der Waals surface area contributed by atoms with Gasteiger partial charge in [-0.05, 0) is 41.3 Å². The number of anilines is 2. The number of nitrogens with zero attached hydrogens (tertiary/aromatic N) is 4. The number of fused-ring (bicyclic) bond motifs is 1. The molecule has 5 aromatic rings. The molecule has 0 bridgehead atoms. The smallest absolute Gasteiger partial charge is 0.264 e.